The van der Waals surface area contributed by atoms with Crippen LogP contribution in [-0.4, -0.2) is 97.9 Å². The third-order valence-electron chi connectivity index (χ3n) is 6.67. The molecule has 0 bridgehead atoms. The summed E-state index contributed by atoms with van der Waals surface area (Å²) in [5.74, 6) is 0.0289. The van der Waals surface area contributed by atoms with E-state index in [0.717, 1.165) is 10.9 Å². The van der Waals surface area contributed by atoms with Gasteiger partial charge in [-0.1, -0.05) is 0 Å². The number of aromatic amines is 1. The number of ether oxygens (including phenoxy) is 2. The number of aryl methyl sites for hydroxylation is 1. The van der Waals surface area contributed by atoms with Crippen LogP contribution >= 0.6 is 15.6 Å². The lowest BCUT2D eigenvalue weighted by atomic mass is 10.1. The van der Waals surface area contributed by atoms with Gasteiger partial charge in [0, 0.05) is 18.2 Å². The van der Waals surface area contributed by atoms with Crippen molar-refractivity contribution < 1.29 is 57.1 Å². The first-order valence-electron chi connectivity index (χ1n) is 12.4. The Bertz CT molecular complexity index is 1710. The second-order valence-electron chi connectivity index (χ2n) is 9.62. The molecule has 2 aliphatic heterocycles. The van der Waals surface area contributed by atoms with E-state index in [4.69, 9.17) is 24.3 Å². The summed E-state index contributed by atoms with van der Waals surface area (Å²) < 4.78 is 52.5. The highest BCUT2D eigenvalue weighted by Crippen LogP contribution is 2.62. The van der Waals surface area contributed by atoms with Gasteiger partial charge in [0.2, 0.25) is 0 Å². The zero-order valence-corrected chi connectivity index (χ0v) is 23.8. The average Bonchev–Trinajstić information content (AvgIpc) is 3.60. The fourth-order valence-electron chi connectivity index (χ4n) is 4.61. The second-order valence-corrected chi connectivity index (χ2v) is 12.6. The van der Waals surface area contributed by atoms with E-state index in [1.54, 1.807) is 0 Å². The van der Waals surface area contributed by atoms with Crippen molar-refractivity contribution in [3.63, 3.8) is 0 Å². The monoisotopic (exact) mass is 651 g/mol. The second kappa shape index (κ2) is 11.9. The Morgan fingerprint density at radius 1 is 1.12 bits per heavy atom. The number of hydrogen-bond acceptors (Lipinski definition) is 16. The molecular weight excluding hydrogens is 624 g/mol. The molecule has 0 saturated carbocycles. The van der Waals surface area contributed by atoms with Crippen molar-refractivity contribution in [3.8, 4) is 0 Å². The molecule has 0 radical (unpaired) electrons. The molecule has 2 unspecified atom stereocenters. The number of nitrogens with two attached hydrogens (primary N) is 1. The molecule has 0 spiro atoms. The van der Waals surface area contributed by atoms with Crippen molar-refractivity contribution in [2.75, 3.05) is 18.9 Å². The SMILES string of the molecule is Cc1cn([C@H]2C[C@H](O)[C@@H](COP(=O)(O)OP(=O)(O)O[C@H]3[C@@H](O)[C@H](n4cnc5c(N)ncnc54)O[C@@H]3CO)O2)c(=O)[nH]c1=O. The molecule has 5 rings (SSSR count). The first kappa shape index (κ1) is 31.5. The number of phosphoric ester groups is 2. The summed E-state index contributed by atoms with van der Waals surface area (Å²) in [4.78, 5) is 57.9. The van der Waals surface area contributed by atoms with E-state index in [1.807, 2.05) is 0 Å². The smallest absolute Gasteiger partial charge is 0.394 e. The van der Waals surface area contributed by atoms with E-state index < -0.39 is 83.1 Å². The standard InChI is InChI=1S/C20H27N7O14P2/c1-8-3-26(20(32)25-18(8)31)12-2-9(29)11(38-12)5-37-42(33,34)41-43(35,36)40-15-10(4-28)39-19(14(15)30)27-7-24-13-16(21)22-6-23-17(13)27/h3,6-7,9-12,14-15,19,28-30H,2,4-5H2,1H3,(H,33,34)(H,35,36)(H2,21,22,23)(H,25,31,32)/t9-,10+,11+,12+,14+,15+,19+/m0/s1. The molecule has 2 saturated heterocycles. The number of imidazole rings is 1. The van der Waals surface area contributed by atoms with Gasteiger partial charge in [-0.05, 0) is 6.92 Å². The lowest BCUT2D eigenvalue weighted by molar-refractivity contribution is -0.0513. The van der Waals surface area contributed by atoms with E-state index in [-0.39, 0.29) is 29.0 Å². The number of phosphoric acid groups is 2. The van der Waals surface area contributed by atoms with Crippen LogP contribution in [0.2, 0.25) is 0 Å². The maximum Gasteiger partial charge on any atom is 0.481 e. The highest BCUT2D eigenvalue weighted by Gasteiger charge is 2.50. The van der Waals surface area contributed by atoms with Gasteiger partial charge in [-0.15, -0.1) is 0 Å². The molecule has 43 heavy (non-hydrogen) atoms. The lowest BCUT2D eigenvalue weighted by Crippen LogP contribution is -2.35. The van der Waals surface area contributed by atoms with Crippen molar-refractivity contribution in [2.24, 2.45) is 0 Å². The van der Waals surface area contributed by atoms with Gasteiger partial charge >= 0.3 is 21.3 Å². The normalized spacial score (nSPS) is 30.4. The van der Waals surface area contributed by atoms with Crippen LogP contribution in [0.1, 0.15) is 24.4 Å². The van der Waals surface area contributed by atoms with Crippen LogP contribution in [0.3, 0.4) is 0 Å². The summed E-state index contributed by atoms with van der Waals surface area (Å²) >= 11 is 0. The molecule has 8 N–H and O–H groups in total. The number of aliphatic hydroxyl groups is 3. The van der Waals surface area contributed by atoms with Crippen molar-refractivity contribution in [1.29, 1.82) is 0 Å². The third-order valence-corrected chi connectivity index (χ3v) is 9.31. The van der Waals surface area contributed by atoms with Crippen LogP contribution in [0.25, 0.3) is 11.2 Å². The summed E-state index contributed by atoms with van der Waals surface area (Å²) in [6.45, 7) is -0.206. The van der Waals surface area contributed by atoms with E-state index in [0.29, 0.717) is 0 Å². The maximum atomic E-state index is 12.7. The zero-order chi connectivity index (χ0) is 31.3. The Morgan fingerprint density at radius 3 is 2.58 bits per heavy atom. The lowest BCUT2D eigenvalue weighted by Gasteiger charge is -2.24. The van der Waals surface area contributed by atoms with Crippen LogP contribution < -0.4 is 17.0 Å². The number of rotatable bonds is 10. The number of hydrogen-bond donors (Lipinski definition) is 7. The van der Waals surface area contributed by atoms with Gasteiger partial charge in [-0.2, -0.15) is 4.31 Å². The summed E-state index contributed by atoms with van der Waals surface area (Å²) in [5.41, 5.74) is 4.82. The van der Waals surface area contributed by atoms with E-state index in [2.05, 4.69) is 24.2 Å². The largest absolute Gasteiger partial charge is 0.481 e. The van der Waals surface area contributed by atoms with E-state index in [9.17, 15) is 43.8 Å². The van der Waals surface area contributed by atoms with Crippen molar-refractivity contribution in [1.82, 2.24) is 29.1 Å². The predicted octanol–water partition coefficient (Wildman–Crippen LogP) is -2.21. The highest BCUT2D eigenvalue weighted by molar-refractivity contribution is 7.61. The number of nitrogens with zero attached hydrogens (tertiary/aromatic N) is 5. The molecule has 23 heteroatoms. The van der Waals surface area contributed by atoms with Gasteiger partial charge in [0.1, 0.15) is 42.5 Å². The number of aliphatic hydroxyl groups excluding tert-OH is 3. The molecule has 236 valence electrons. The number of H-pyrrole nitrogens is 1. The molecule has 0 aromatic carbocycles. The number of fused-ring (bicyclic) bond motifs is 1. The fourth-order valence-corrected chi connectivity index (χ4v) is 6.90. The minimum Gasteiger partial charge on any atom is -0.394 e. The van der Waals surface area contributed by atoms with Crippen molar-refractivity contribution in [3.05, 3.63) is 45.3 Å². The average molecular weight is 651 g/mol. The summed E-state index contributed by atoms with van der Waals surface area (Å²) in [7, 11) is -10.9. The summed E-state index contributed by atoms with van der Waals surface area (Å²) in [5, 5.41) is 30.9. The highest BCUT2D eigenvalue weighted by atomic mass is 31.3. The van der Waals surface area contributed by atoms with Gasteiger partial charge in [0.05, 0.1) is 25.6 Å². The van der Waals surface area contributed by atoms with Crippen LogP contribution in [0.5, 0.6) is 0 Å². The van der Waals surface area contributed by atoms with Crippen LogP contribution in [0.4, 0.5) is 5.82 Å². The van der Waals surface area contributed by atoms with Crippen LogP contribution in [0.15, 0.2) is 28.4 Å². The van der Waals surface area contributed by atoms with Crippen LogP contribution in [0, 0.1) is 6.92 Å². The molecule has 2 aliphatic rings. The molecular formula is C20H27N7O14P2. The minimum absolute atomic E-state index is 0.0289. The minimum atomic E-state index is -5.51. The fraction of sp³-hybridized carbons (Fsp3) is 0.550. The molecule has 0 amide bonds. The molecule has 0 aliphatic carbocycles. The van der Waals surface area contributed by atoms with Gasteiger partial charge in [0.25, 0.3) is 5.56 Å². The van der Waals surface area contributed by atoms with Gasteiger partial charge in [0.15, 0.2) is 17.7 Å². The third kappa shape index (κ3) is 6.48. The molecule has 5 heterocycles. The van der Waals surface area contributed by atoms with Crippen LogP contribution in [-0.2, 0) is 32.0 Å². The first-order chi connectivity index (χ1) is 20.2. The Balaban J connectivity index is 1.22. The molecule has 21 nitrogen and oxygen atoms in total. The summed E-state index contributed by atoms with van der Waals surface area (Å²) in [6.07, 6.45) is -6.58. The van der Waals surface area contributed by atoms with E-state index >= 15 is 0 Å². The Labute approximate surface area is 239 Å². The number of nitrogens with one attached hydrogen (secondary N) is 1. The first-order valence-corrected chi connectivity index (χ1v) is 15.4. The Hall–Kier alpha value is -2.91. The predicted molar refractivity (Wildman–Crippen MR) is 139 cm³/mol. The zero-order valence-electron chi connectivity index (χ0n) is 22.0. The summed E-state index contributed by atoms with van der Waals surface area (Å²) in [6, 6.07) is 0. The molecule has 3 aromatic heterocycles. The number of nitrogen functional groups attached to an aromatic ring is 1. The quantitative estimate of drug-likeness (QED) is 0.114. The van der Waals surface area contributed by atoms with Gasteiger partial charge in [-0.25, -0.2) is 28.9 Å². The Kier molecular flexibility index (Phi) is 8.71. The van der Waals surface area contributed by atoms with Crippen molar-refractivity contribution in [2.45, 2.75) is 56.3 Å². The number of aromatic nitrogens is 6. The molecule has 9 atom stereocenters. The Morgan fingerprint density at radius 2 is 1.86 bits per heavy atom. The topological polar surface area (TPSA) is 306 Å². The van der Waals surface area contributed by atoms with Gasteiger partial charge < -0.3 is 40.3 Å². The molecule has 3 aromatic rings. The van der Waals surface area contributed by atoms with Crippen molar-refractivity contribution >= 4 is 32.6 Å². The van der Waals surface area contributed by atoms with E-state index in [1.165, 1.54) is 24.0 Å². The maximum absolute atomic E-state index is 12.7. The molecule has 2 fully saturated rings. The number of anilines is 1. The van der Waals surface area contributed by atoms with Gasteiger partial charge in [-0.3, -0.25) is 28.0 Å².